The molecule has 18 heavy (non-hydrogen) atoms. The predicted molar refractivity (Wildman–Crippen MR) is 54.9 cm³/mol. The third-order valence-corrected chi connectivity index (χ3v) is 4.49. The van der Waals surface area contributed by atoms with Gasteiger partial charge in [0, 0.05) is 25.8 Å². The molecular formula is C8H11F3N2O4S. The lowest BCUT2D eigenvalue weighted by Crippen LogP contribution is -2.47. The average molecular weight is 288 g/mol. The number of hydrogen-bond acceptors (Lipinski definition) is 5. The third kappa shape index (κ3) is 3.67. The summed E-state index contributed by atoms with van der Waals surface area (Å²) in [5.41, 5.74) is -1.58. The molecule has 0 aromatic heterocycles. The Morgan fingerprint density at radius 2 is 2.06 bits per heavy atom. The molecule has 1 aliphatic rings. The van der Waals surface area contributed by atoms with E-state index in [9.17, 15) is 27.0 Å². The van der Waals surface area contributed by atoms with Gasteiger partial charge in [-0.15, -0.1) is 0 Å². The van der Waals surface area contributed by atoms with Crippen LogP contribution in [-0.2, 0) is 24.1 Å². The van der Waals surface area contributed by atoms with Crippen molar-refractivity contribution in [3.05, 3.63) is 0 Å². The van der Waals surface area contributed by atoms with E-state index in [4.69, 9.17) is 0 Å². The maximum absolute atomic E-state index is 12.1. The van der Waals surface area contributed by atoms with Crippen molar-refractivity contribution in [3.63, 3.8) is 0 Å². The van der Waals surface area contributed by atoms with Crippen molar-refractivity contribution in [3.8, 4) is 0 Å². The van der Waals surface area contributed by atoms with Crippen LogP contribution >= 0.6 is 0 Å². The lowest BCUT2D eigenvalue weighted by atomic mass is 10.6. The molecule has 0 bridgehead atoms. The Morgan fingerprint density at radius 1 is 1.44 bits per heavy atom. The molecule has 0 spiro atoms. The topological polar surface area (TPSA) is 84.8 Å². The van der Waals surface area contributed by atoms with E-state index in [0.29, 0.717) is 0 Å². The molecule has 1 amide bonds. The minimum absolute atomic E-state index is 0.150. The summed E-state index contributed by atoms with van der Waals surface area (Å²) in [7, 11) is -3.32. The van der Waals surface area contributed by atoms with E-state index in [-0.39, 0.29) is 18.8 Å². The van der Waals surface area contributed by atoms with E-state index < -0.39 is 33.2 Å². The normalized spacial score (nSPS) is 28.6. The third-order valence-electron chi connectivity index (χ3n) is 2.05. The largest absolute Gasteiger partial charge is 0.490 e. The minimum Gasteiger partial charge on any atom is -0.440 e. The fourth-order valence-electron chi connectivity index (χ4n) is 1.33. The molecule has 0 saturated carbocycles. The predicted octanol–water partition coefficient (Wildman–Crippen LogP) is 0.0357. The van der Waals surface area contributed by atoms with Gasteiger partial charge in [0.05, 0.1) is 9.73 Å². The van der Waals surface area contributed by atoms with Crippen molar-refractivity contribution < 1.29 is 31.7 Å². The lowest BCUT2D eigenvalue weighted by molar-refractivity contribution is -0.201. The van der Waals surface area contributed by atoms with E-state index >= 15 is 0 Å². The summed E-state index contributed by atoms with van der Waals surface area (Å²) in [6.07, 6.45) is -5.17. The van der Waals surface area contributed by atoms with Crippen LogP contribution in [0.25, 0.3) is 0 Å². The van der Waals surface area contributed by atoms with Gasteiger partial charge >= 0.3 is 12.1 Å². The lowest BCUT2D eigenvalue weighted by Gasteiger charge is -2.26. The number of ether oxygens (including phenoxy) is 1. The molecule has 0 aliphatic carbocycles. The Kier molecular flexibility index (Phi) is 4.32. The molecule has 1 N–H and O–H groups in total. The molecule has 1 fully saturated rings. The molecule has 0 aromatic rings. The molecular weight excluding hydrogens is 277 g/mol. The number of amides is 1. The number of nitrogens with zero attached hydrogens (tertiary/aromatic N) is 1. The number of esters is 1. The van der Waals surface area contributed by atoms with Crippen LogP contribution in [0.4, 0.5) is 13.2 Å². The molecule has 0 aromatic carbocycles. The number of carbonyl (C=O) groups is 2. The van der Waals surface area contributed by atoms with Crippen LogP contribution in [0.5, 0.6) is 0 Å². The monoisotopic (exact) mass is 288 g/mol. The summed E-state index contributed by atoms with van der Waals surface area (Å²) in [6, 6.07) is 0. The van der Waals surface area contributed by atoms with Crippen molar-refractivity contribution in [1.82, 2.24) is 5.32 Å². The van der Waals surface area contributed by atoms with Gasteiger partial charge in [-0.05, 0) is 0 Å². The summed E-state index contributed by atoms with van der Waals surface area (Å²) >= 11 is 0. The van der Waals surface area contributed by atoms with Crippen LogP contribution in [0, 0.1) is 0 Å². The highest BCUT2D eigenvalue weighted by atomic mass is 32.2. The van der Waals surface area contributed by atoms with Crippen LogP contribution in [-0.4, -0.2) is 46.5 Å². The molecule has 2 atom stereocenters. The fourth-order valence-corrected chi connectivity index (χ4v) is 3.28. The van der Waals surface area contributed by atoms with E-state index in [1.165, 1.54) is 0 Å². The fraction of sp³-hybridized carbons (Fsp3) is 0.750. The molecule has 104 valence electrons. The molecule has 1 rings (SSSR count). The number of rotatable bonds is 1. The van der Waals surface area contributed by atoms with Gasteiger partial charge in [0.25, 0.3) is 5.91 Å². The number of halogens is 3. The number of alkyl halides is 3. The zero-order valence-electron chi connectivity index (χ0n) is 9.32. The van der Waals surface area contributed by atoms with E-state index in [1.807, 2.05) is 0 Å². The van der Waals surface area contributed by atoms with Crippen LogP contribution in [0.1, 0.15) is 6.92 Å². The van der Waals surface area contributed by atoms with Gasteiger partial charge in [0.2, 0.25) is 0 Å². The second-order valence-corrected chi connectivity index (χ2v) is 6.04. The smallest absolute Gasteiger partial charge is 0.440 e. The van der Waals surface area contributed by atoms with Crippen LogP contribution in [0.2, 0.25) is 0 Å². The highest BCUT2D eigenvalue weighted by Crippen LogP contribution is 2.20. The zero-order chi connectivity index (χ0) is 14.0. The minimum atomic E-state index is -5.17. The van der Waals surface area contributed by atoms with Gasteiger partial charge < -0.3 is 10.1 Å². The van der Waals surface area contributed by atoms with Gasteiger partial charge in [-0.3, -0.25) is 4.79 Å². The molecule has 6 nitrogen and oxygen atoms in total. The average Bonchev–Trinajstić information content (AvgIpc) is 2.18. The maximum Gasteiger partial charge on any atom is 0.490 e. The molecule has 1 saturated heterocycles. The first kappa shape index (κ1) is 14.9. The Labute approximate surface area is 101 Å². The molecule has 1 heterocycles. The van der Waals surface area contributed by atoms with Gasteiger partial charge in [-0.25, -0.2) is 9.00 Å². The van der Waals surface area contributed by atoms with E-state index in [1.54, 1.807) is 0 Å². The summed E-state index contributed by atoms with van der Waals surface area (Å²) < 4.78 is 55.7. The second-order valence-electron chi connectivity index (χ2n) is 3.54. The Bertz CT molecular complexity index is 467. The zero-order valence-corrected chi connectivity index (χ0v) is 10.1. The van der Waals surface area contributed by atoms with Crippen LogP contribution < -0.4 is 5.32 Å². The summed E-state index contributed by atoms with van der Waals surface area (Å²) in [5, 5.41) is 2.63. The van der Waals surface area contributed by atoms with Crippen molar-refractivity contribution >= 4 is 21.6 Å². The van der Waals surface area contributed by atoms with Crippen molar-refractivity contribution in [2.75, 3.05) is 18.8 Å². The van der Waals surface area contributed by atoms with Gasteiger partial charge in [0.1, 0.15) is 0 Å². The van der Waals surface area contributed by atoms with E-state index in [0.717, 1.165) is 6.92 Å². The summed E-state index contributed by atoms with van der Waals surface area (Å²) in [5.74, 6) is -3.37. The van der Waals surface area contributed by atoms with Crippen LogP contribution in [0.15, 0.2) is 4.36 Å². The van der Waals surface area contributed by atoms with Crippen molar-refractivity contribution in [2.24, 2.45) is 4.36 Å². The highest BCUT2D eigenvalue weighted by Gasteiger charge is 2.44. The SMILES string of the molecule is CC(=O)N=S1(=O)CCNCC1OC(=O)C(F)(F)F. The molecule has 1 aliphatic heterocycles. The molecule has 0 radical (unpaired) electrons. The number of nitrogens with one attached hydrogen (secondary N) is 1. The molecule has 2 unspecified atom stereocenters. The van der Waals surface area contributed by atoms with E-state index in [2.05, 4.69) is 14.4 Å². The highest BCUT2D eigenvalue weighted by molar-refractivity contribution is 7.94. The first-order valence-electron chi connectivity index (χ1n) is 4.88. The Morgan fingerprint density at radius 3 is 2.56 bits per heavy atom. The van der Waals surface area contributed by atoms with Crippen LogP contribution in [0.3, 0.4) is 0 Å². The molecule has 10 heteroatoms. The maximum atomic E-state index is 12.1. The van der Waals surface area contributed by atoms with Gasteiger partial charge in [-0.1, -0.05) is 0 Å². The quantitative estimate of drug-likeness (QED) is 0.688. The standard InChI is InChI=1S/C8H11F3N2O4S/c1-5(14)13-18(16)3-2-12-4-6(18)17-7(15)8(9,10)11/h6,12H,2-4H2,1H3. The first-order valence-corrected chi connectivity index (χ1v) is 6.62. The van der Waals surface area contributed by atoms with Gasteiger partial charge in [0.15, 0.2) is 5.44 Å². The Balaban J connectivity index is 2.95. The second kappa shape index (κ2) is 5.22. The summed E-state index contributed by atoms with van der Waals surface area (Å²) in [6.45, 7) is 1.00. The van der Waals surface area contributed by atoms with Gasteiger partial charge in [-0.2, -0.15) is 17.5 Å². The van der Waals surface area contributed by atoms with Crippen molar-refractivity contribution in [1.29, 1.82) is 0 Å². The number of carbonyl (C=O) groups excluding carboxylic acids is 2. The number of hydrogen-bond donors (Lipinski definition) is 1. The summed E-state index contributed by atoms with van der Waals surface area (Å²) in [4.78, 5) is 21.5. The first-order chi connectivity index (χ1) is 8.15. The van der Waals surface area contributed by atoms with Crippen molar-refractivity contribution in [2.45, 2.75) is 18.5 Å². The Hall–Kier alpha value is -1.16.